The van der Waals surface area contributed by atoms with E-state index in [9.17, 15) is 14.7 Å². The molecule has 0 aromatic carbocycles. The highest BCUT2D eigenvalue weighted by Gasteiger charge is 2.16. The van der Waals surface area contributed by atoms with Crippen LogP contribution in [0.3, 0.4) is 0 Å². The maximum absolute atomic E-state index is 12.1. The van der Waals surface area contributed by atoms with Crippen LogP contribution in [0.5, 0.6) is 0 Å². The fraction of sp³-hybridized carbons (Fsp3) is 0.941. The Bertz CT molecular complexity index is 522. The molecule has 0 fully saturated rings. The van der Waals surface area contributed by atoms with Crippen molar-refractivity contribution in [3.05, 3.63) is 0 Å². The maximum atomic E-state index is 12.1. The normalized spacial score (nSPS) is 12.0. The van der Waals surface area contributed by atoms with E-state index in [0.29, 0.717) is 12.8 Å². The summed E-state index contributed by atoms with van der Waals surface area (Å²) in [6, 6.07) is 0. The summed E-state index contributed by atoms with van der Waals surface area (Å²) in [6.45, 7) is 4.13. The van der Waals surface area contributed by atoms with E-state index < -0.39 is 6.10 Å². The van der Waals surface area contributed by atoms with Gasteiger partial charge in [-0.1, -0.05) is 162 Å². The van der Waals surface area contributed by atoms with Crippen molar-refractivity contribution in [2.75, 3.05) is 13.2 Å². The Kier molecular flexibility index (Phi) is 30.5. The van der Waals surface area contributed by atoms with Gasteiger partial charge in [0.1, 0.15) is 6.61 Å². The number of esters is 2. The molecule has 0 aliphatic heterocycles. The van der Waals surface area contributed by atoms with E-state index >= 15 is 0 Å². The number of hydrogen-bond donors (Lipinski definition) is 1. The summed E-state index contributed by atoms with van der Waals surface area (Å²) in [5.41, 5.74) is 0. The molecule has 0 aliphatic carbocycles. The number of unbranched alkanes of at least 4 members (excludes halogenated alkanes) is 23. The quantitative estimate of drug-likeness (QED) is 0.0681. The zero-order valence-electron chi connectivity index (χ0n) is 26.2. The number of aliphatic hydroxyl groups is 1. The SMILES string of the molecule is CCCCCCCCCCCCCCCCC(=O)OC(CO)COC(=O)CCCCCCCCCCCCC. The van der Waals surface area contributed by atoms with Gasteiger partial charge in [0.15, 0.2) is 6.10 Å². The van der Waals surface area contributed by atoms with E-state index in [1.54, 1.807) is 0 Å². The summed E-state index contributed by atoms with van der Waals surface area (Å²) in [5, 5.41) is 9.49. The molecule has 0 amide bonds. The largest absolute Gasteiger partial charge is 0.462 e. The Morgan fingerprint density at radius 2 is 0.795 bits per heavy atom. The molecular weight excluding hydrogens is 488 g/mol. The Hall–Kier alpha value is -1.10. The molecule has 0 radical (unpaired) electrons. The van der Waals surface area contributed by atoms with Gasteiger partial charge in [-0.05, 0) is 12.8 Å². The van der Waals surface area contributed by atoms with Gasteiger partial charge in [-0.2, -0.15) is 0 Å². The minimum atomic E-state index is -0.759. The highest BCUT2D eigenvalue weighted by Crippen LogP contribution is 2.14. The van der Waals surface area contributed by atoms with Gasteiger partial charge in [-0.3, -0.25) is 9.59 Å². The lowest BCUT2D eigenvalue weighted by atomic mass is 10.0. The number of rotatable bonds is 31. The van der Waals surface area contributed by atoms with Gasteiger partial charge in [0.2, 0.25) is 0 Å². The molecule has 232 valence electrons. The van der Waals surface area contributed by atoms with Crippen LogP contribution in [0.4, 0.5) is 0 Å². The second-order valence-corrected chi connectivity index (χ2v) is 11.6. The first-order valence-electron chi connectivity index (χ1n) is 17.1. The van der Waals surface area contributed by atoms with Crippen molar-refractivity contribution in [2.24, 2.45) is 0 Å². The Morgan fingerprint density at radius 3 is 1.13 bits per heavy atom. The van der Waals surface area contributed by atoms with Gasteiger partial charge >= 0.3 is 11.9 Å². The van der Waals surface area contributed by atoms with Crippen LogP contribution in [-0.2, 0) is 19.1 Å². The highest BCUT2D eigenvalue weighted by atomic mass is 16.6. The first-order valence-corrected chi connectivity index (χ1v) is 17.1. The molecule has 0 rings (SSSR count). The highest BCUT2D eigenvalue weighted by molar-refractivity contribution is 5.70. The smallest absolute Gasteiger partial charge is 0.306 e. The molecule has 5 nitrogen and oxygen atoms in total. The van der Waals surface area contributed by atoms with Gasteiger partial charge < -0.3 is 14.6 Å². The Balaban J connectivity index is 3.53. The monoisotopic (exact) mass is 554 g/mol. The lowest BCUT2D eigenvalue weighted by Crippen LogP contribution is -2.28. The van der Waals surface area contributed by atoms with E-state index in [2.05, 4.69) is 13.8 Å². The molecule has 0 heterocycles. The third-order valence-corrected chi connectivity index (χ3v) is 7.65. The second-order valence-electron chi connectivity index (χ2n) is 11.6. The van der Waals surface area contributed by atoms with Crippen molar-refractivity contribution in [3.8, 4) is 0 Å². The van der Waals surface area contributed by atoms with E-state index in [4.69, 9.17) is 9.47 Å². The summed E-state index contributed by atoms with van der Waals surface area (Å²) in [7, 11) is 0. The van der Waals surface area contributed by atoms with E-state index in [1.807, 2.05) is 0 Å². The summed E-state index contributed by atoms with van der Waals surface area (Å²) in [5.74, 6) is -0.582. The maximum Gasteiger partial charge on any atom is 0.306 e. The molecule has 1 unspecified atom stereocenters. The molecule has 1 N–H and O–H groups in total. The van der Waals surface area contributed by atoms with Crippen LogP contribution < -0.4 is 0 Å². The minimum Gasteiger partial charge on any atom is -0.462 e. The minimum absolute atomic E-state index is 0.0577. The zero-order chi connectivity index (χ0) is 28.7. The van der Waals surface area contributed by atoms with Gasteiger partial charge in [0, 0.05) is 12.8 Å². The van der Waals surface area contributed by atoms with Crippen LogP contribution >= 0.6 is 0 Å². The van der Waals surface area contributed by atoms with Crippen LogP contribution in [0, 0.1) is 0 Å². The molecule has 0 aromatic heterocycles. The summed E-state index contributed by atoms with van der Waals surface area (Å²) in [6.07, 6.45) is 31.5. The standard InChI is InChI=1S/C34H66O5/c1-3-5-7-9-11-13-15-16-17-19-21-23-25-27-29-34(37)39-32(30-35)31-38-33(36)28-26-24-22-20-18-14-12-10-8-6-4-2/h32,35H,3-31H2,1-2H3. The van der Waals surface area contributed by atoms with E-state index in [-0.39, 0.29) is 25.2 Å². The fourth-order valence-electron chi connectivity index (χ4n) is 5.02. The summed E-state index contributed by atoms with van der Waals surface area (Å²) in [4.78, 5) is 24.1. The third-order valence-electron chi connectivity index (χ3n) is 7.65. The van der Waals surface area contributed by atoms with Gasteiger partial charge in [0.25, 0.3) is 0 Å². The van der Waals surface area contributed by atoms with Crippen molar-refractivity contribution in [1.29, 1.82) is 0 Å². The molecule has 1 atom stereocenters. The molecule has 5 heteroatoms. The molecule has 0 spiro atoms. The first kappa shape index (κ1) is 37.9. The molecule has 39 heavy (non-hydrogen) atoms. The molecular formula is C34H66O5. The van der Waals surface area contributed by atoms with Crippen LogP contribution in [-0.4, -0.2) is 36.4 Å². The van der Waals surface area contributed by atoms with Crippen LogP contribution in [0.1, 0.15) is 187 Å². The predicted octanol–water partition coefficient (Wildman–Crippen LogP) is 10.0. The van der Waals surface area contributed by atoms with Crippen LogP contribution in [0.25, 0.3) is 0 Å². The van der Waals surface area contributed by atoms with Crippen LogP contribution in [0.2, 0.25) is 0 Å². The average Bonchev–Trinajstić information content (AvgIpc) is 2.94. The average molecular weight is 555 g/mol. The van der Waals surface area contributed by atoms with Gasteiger partial charge in [0.05, 0.1) is 6.61 Å². The molecule has 0 aromatic rings. The number of carbonyl (C=O) groups is 2. The molecule has 0 bridgehead atoms. The predicted molar refractivity (Wildman–Crippen MR) is 164 cm³/mol. The summed E-state index contributed by atoms with van der Waals surface area (Å²) < 4.78 is 10.5. The lowest BCUT2D eigenvalue weighted by Gasteiger charge is -2.15. The van der Waals surface area contributed by atoms with Gasteiger partial charge in [-0.25, -0.2) is 0 Å². The van der Waals surface area contributed by atoms with E-state index in [1.165, 1.54) is 128 Å². The molecule has 0 saturated carbocycles. The van der Waals surface area contributed by atoms with Crippen molar-refractivity contribution < 1.29 is 24.2 Å². The van der Waals surface area contributed by atoms with Gasteiger partial charge in [-0.15, -0.1) is 0 Å². The molecule has 0 aliphatic rings. The second kappa shape index (κ2) is 31.4. The number of aliphatic hydroxyl groups excluding tert-OH is 1. The molecule has 0 saturated heterocycles. The topological polar surface area (TPSA) is 72.8 Å². The fourth-order valence-corrected chi connectivity index (χ4v) is 5.02. The Labute approximate surface area is 242 Å². The van der Waals surface area contributed by atoms with Crippen molar-refractivity contribution in [1.82, 2.24) is 0 Å². The number of ether oxygens (including phenoxy) is 2. The Morgan fingerprint density at radius 1 is 0.487 bits per heavy atom. The number of hydrogen-bond acceptors (Lipinski definition) is 5. The van der Waals surface area contributed by atoms with Crippen molar-refractivity contribution >= 4 is 11.9 Å². The number of carbonyl (C=O) groups excluding carboxylic acids is 2. The van der Waals surface area contributed by atoms with Crippen molar-refractivity contribution in [2.45, 2.75) is 193 Å². The zero-order valence-corrected chi connectivity index (χ0v) is 26.2. The first-order chi connectivity index (χ1) is 19.1. The van der Waals surface area contributed by atoms with Crippen molar-refractivity contribution in [3.63, 3.8) is 0 Å². The lowest BCUT2D eigenvalue weighted by molar-refractivity contribution is -0.161. The van der Waals surface area contributed by atoms with Crippen LogP contribution in [0.15, 0.2) is 0 Å². The third kappa shape index (κ3) is 29.7. The van der Waals surface area contributed by atoms with E-state index in [0.717, 1.165) is 32.1 Å². The summed E-state index contributed by atoms with van der Waals surface area (Å²) >= 11 is 0.